The predicted molar refractivity (Wildman–Crippen MR) is 75.4 cm³/mol. The highest BCUT2D eigenvalue weighted by Crippen LogP contribution is 2.19. The van der Waals surface area contributed by atoms with Gasteiger partial charge in [0.05, 0.1) is 5.56 Å². The number of aromatic carboxylic acids is 1. The Balaban J connectivity index is 2.79. The number of rotatable bonds is 5. The minimum atomic E-state index is -0.994. The number of amides is 1. The van der Waals surface area contributed by atoms with E-state index in [0.29, 0.717) is 23.9 Å². The van der Waals surface area contributed by atoms with E-state index in [2.05, 4.69) is 19.2 Å². The summed E-state index contributed by atoms with van der Waals surface area (Å²) in [5.41, 5.74) is 1.61. The van der Waals surface area contributed by atoms with Crippen molar-refractivity contribution in [3.8, 4) is 0 Å². The van der Waals surface area contributed by atoms with Crippen molar-refractivity contribution < 1.29 is 14.7 Å². The molecule has 0 aliphatic rings. The van der Waals surface area contributed by atoms with E-state index in [4.69, 9.17) is 5.11 Å². The Bertz CT molecular complexity index is 480. The second-order valence-electron chi connectivity index (χ2n) is 5.31. The molecule has 19 heavy (non-hydrogen) atoms. The van der Waals surface area contributed by atoms with Gasteiger partial charge < -0.3 is 10.4 Å². The molecular formula is C15H21NO3. The standard InChI is InChI=1S/C15H21NO3/c1-9(2)11(4)7-14(17)16-13-8-12(15(18)19)6-5-10(13)3/h5-6,8-9,11H,7H2,1-4H3,(H,16,17)(H,18,19). The Hall–Kier alpha value is -1.84. The maximum absolute atomic E-state index is 11.9. The third-order valence-corrected chi connectivity index (χ3v) is 3.40. The molecule has 0 fully saturated rings. The summed E-state index contributed by atoms with van der Waals surface area (Å²) in [5.74, 6) is -0.335. The third kappa shape index (κ3) is 4.39. The average molecular weight is 263 g/mol. The predicted octanol–water partition coefficient (Wildman–Crippen LogP) is 3.31. The number of hydrogen-bond acceptors (Lipinski definition) is 2. The van der Waals surface area contributed by atoms with Gasteiger partial charge in [-0.1, -0.05) is 26.8 Å². The van der Waals surface area contributed by atoms with Crippen molar-refractivity contribution in [2.24, 2.45) is 11.8 Å². The van der Waals surface area contributed by atoms with E-state index in [9.17, 15) is 9.59 Å². The first-order valence-corrected chi connectivity index (χ1v) is 6.45. The zero-order valence-corrected chi connectivity index (χ0v) is 11.9. The van der Waals surface area contributed by atoms with Crippen LogP contribution >= 0.6 is 0 Å². The molecular weight excluding hydrogens is 242 g/mol. The van der Waals surface area contributed by atoms with Gasteiger partial charge in [-0.3, -0.25) is 4.79 Å². The molecule has 1 amide bonds. The summed E-state index contributed by atoms with van der Waals surface area (Å²) in [6.45, 7) is 8.03. The zero-order chi connectivity index (χ0) is 14.6. The maximum Gasteiger partial charge on any atom is 0.335 e. The molecule has 0 saturated heterocycles. The van der Waals surface area contributed by atoms with E-state index >= 15 is 0 Å². The van der Waals surface area contributed by atoms with Crippen molar-refractivity contribution in [3.05, 3.63) is 29.3 Å². The highest BCUT2D eigenvalue weighted by atomic mass is 16.4. The molecule has 0 aliphatic heterocycles. The van der Waals surface area contributed by atoms with E-state index in [1.54, 1.807) is 6.07 Å². The molecule has 0 radical (unpaired) electrons. The van der Waals surface area contributed by atoms with Crippen LogP contribution in [0.25, 0.3) is 0 Å². The van der Waals surface area contributed by atoms with Gasteiger partial charge in [0.2, 0.25) is 5.91 Å². The molecule has 0 aromatic heterocycles. The number of hydrogen-bond donors (Lipinski definition) is 2. The van der Waals surface area contributed by atoms with Gasteiger partial charge in [-0.25, -0.2) is 4.79 Å². The molecule has 1 rings (SSSR count). The average Bonchev–Trinajstić information content (AvgIpc) is 2.31. The van der Waals surface area contributed by atoms with Crippen molar-refractivity contribution in [3.63, 3.8) is 0 Å². The molecule has 0 bridgehead atoms. The Labute approximate surface area is 113 Å². The molecule has 104 valence electrons. The summed E-state index contributed by atoms with van der Waals surface area (Å²) in [7, 11) is 0. The maximum atomic E-state index is 11.9. The monoisotopic (exact) mass is 263 g/mol. The van der Waals surface area contributed by atoms with Gasteiger partial charge >= 0.3 is 5.97 Å². The normalized spacial score (nSPS) is 12.3. The second kappa shape index (κ2) is 6.36. The van der Waals surface area contributed by atoms with Gasteiger partial charge in [-0.2, -0.15) is 0 Å². The van der Waals surface area contributed by atoms with Crippen molar-refractivity contribution >= 4 is 17.6 Å². The van der Waals surface area contributed by atoms with Gasteiger partial charge in [-0.05, 0) is 36.5 Å². The van der Waals surface area contributed by atoms with Crippen molar-refractivity contribution in [1.29, 1.82) is 0 Å². The molecule has 0 saturated carbocycles. The first-order chi connectivity index (χ1) is 8.81. The lowest BCUT2D eigenvalue weighted by molar-refractivity contribution is -0.117. The van der Waals surface area contributed by atoms with E-state index in [1.807, 2.05) is 13.8 Å². The van der Waals surface area contributed by atoms with Gasteiger partial charge in [0.15, 0.2) is 0 Å². The van der Waals surface area contributed by atoms with E-state index in [-0.39, 0.29) is 11.5 Å². The summed E-state index contributed by atoms with van der Waals surface area (Å²) in [6, 6.07) is 4.73. The van der Waals surface area contributed by atoms with Crippen LogP contribution in [0.3, 0.4) is 0 Å². The first kappa shape index (κ1) is 15.2. The van der Waals surface area contributed by atoms with Gasteiger partial charge in [-0.15, -0.1) is 0 Å². The summed E-state index contributed by atoms with van der Waals surface area (Å²) in [5, 5.41) is 11.7. The largest absolute Gasteiger partial charge is 0.478 e. The van der Waals surface area contributed by atoms with Crippen LogP contribution < -0.4 is 5.32 Å². The van der Waals surface area contributed by atoms with Gasteiger partial charge in [0.1, 0.15) is 0 Å². The molecule has 1 aromatic rings. The van der Waals surface area contributed by atoms with Crippen LogP contribution in [-0.2, 0) is 4.79 Å². The molecule has 1 atom stereocenters. The fraction of sp³-hybridized carbons (Fsp3) is 0.467. The second-order valence-corrected chi connectivity index (χ2v) is 5.31. The van der Waals surface area contributed by atoms with Crippen LogP contribution in [-0.4, -0.2) is 17.0 Å². The van der Waals surface area contributed by atoms with Crippen LogP contribution in [0.1, 0.15) is 43.1 Å². The molecule has 1 aromatic carbocycles. The Morgan fingerprint density at radius 2 is 1.89 bits per heavy atom. The summed E-state index contributed by atoms with van der Waals surface area (Å²) in [6.07, 6.45) is 0.439. The third-order valence-electron chi connectivity index (χ3n) is 3.40. The van der Waals surface area contributed by atoms with E-state index in [0.717, 1.165) is 5.56 Å². The molecule has 0 aliphatic carbocycles. The Kier molecular flexibility index (Phi) is 5.10. The lowest BCUT2D eigenvalue weighted by Crippen LogP contribution is -2.18. The minimum absolute atomic E-state index is 0.0770. The highest BCUT2D eigenvalue weighted by molar-refractivity contribution is 5.94. The number of anilines is 1. The molecule has 0 heterocycles. The number of aryl methyl sites for hydroxylation is 1. The lowest BCUT2D eigenvalue weighted by Gasteiger charge is -2.16. The fourth-order valence-corrected chi connectivity index (χ4v) is 1.62. The summed E-state index contributed by atoms with van der Waals surface area (Å²) in [4.78, 5) is 22.8. The fourth-order valence-electron chi connectivity index (χ4n) is 1.62. The number of nitrogens with one attached hydrogen (secondary N) is 1. The zero-order valence-electron chi connectivity index (χ0n) is 11.9. The van der Waals surface area contributed by atoms with E-state index in [1.165, 1.54) is 12.1 Å². The molecule has 4 heteroatoms. The highest BCUT2D eigenvalue weighted by Gasteiger charge is 2.14. The van der Waals surface area contributed by atoms with Crippen LogP contribution in [0.4, 0.5) is 5.69 Å². The molecule has 0 spiro atoms. The van der Waals surface area contributed by atoms with Crippen molar-refractivity contribution in [2.75, 3.05) is 5.32 Å². The summed E-state index contributed by atoms with van der Waals surface area (Å²) >= 11 is 0. The van der Waals surface area contributed by atoms with Crippen LogP contribution in [0.5, 0.6) is 0 Å². The van der Waals surface area contributed by atoms with Crippen LogP contribution in [0, 0.1) is 18.8 Å². The van der Waals surface area contributed by atoms with Crippen molar-refractivity contribution in [2.45, 2.75) is 34.1 Å². The number of benzene rings is 1. The molecule has 4 nitrogen and oxygen atoms in total. The Morgan fingerprint density at radius 3 is 2.42 bits per heavy atom. The number of carbonyl (C=O) groups is 2. The SMILES string of the molecule is Cc1ccc(C(=O)O)cc1NC(=O)CC(C)C(C)C. The quantitative estimate of drug-likeness (QED) is 0.856. The topological polar surface area (TPSA) is 66.4 Å². The van der Waals surface area contributed by atoms with Crippen LogP contribution in [0.15, 0.2) is 18.2 Å². The number of carboxylic acids is 1. The van der Waals surface area contributed by atoms with Crippen molar-refractivity contribution in [1.82, 2.24) is 0 Å². The minimum Gasteiger partial charge on any atom is -0.478 e. The Morgan fingerprint density at radius 1 is 1.26 bits per heavy atom. The molecule has 2 N–H and O–H groups in total. The molecule has 1 unspecified atom stereocenters. The smallest absolute Gasteiger partial charge is 0.335 e. The summed E-state index contributed by atoms with van der Waals surface area (Å²) < 4.78 is 0. The van der Waals surface area contributed by atoms with Crippen LogP contribution in [0.2, 0.25) is 0 Å². The lowest BCUT2D eigenvalue weighted by atomic mass is 9.94. The number of carboxylic acid groups (broad SMARTS) is 1. The number of carbonyl (C=O) groups excluding carboxylic acids is 1. The first-order valence-electron chi connectivity index (χ1n) is 6.45. The van der Waals surface area contributed by atoms with Gasteiger partial charge in [0.25, 0.3) is 0 Å². The van der Waals surface area contributed by atoms with Gasteiger partial charge in [0, 0.05) is 12.1 Å². The van der Waals surface area contributed by atoms with E-state index < -0.39 is 5.97 Å².